The normalized spacial score (nSPS) is 11.5. The van der Waals surface area contributed by atoms with Crippen molar-refractivity contribution in [2.75, 3.05) is 11.8 Å². The number of benzene rings is 1. The number of hydrogen-bond donors (Lipinski definition) is 2. The fourth-order valence-electron chi connectivity index (χ4n) is 1.92. The molecule has 0 aliphatic heterocycles. The summed E-state index contributed by atoms with van der Waals surface area (Å²) >= 11 is 1.44. The first-order valence-corrected chi connectivity index (χ1v) is 8.76. The van der Waals surface area contributed by atoms with Crippen LogP contribution in [-0.4, -0.2) is 15.5 Å². The monoisotopic (exact) mass is 310 g/mol. The van der Waals surface area contributed by atoms with E-state index in [2.05, 4.69) is 10.0 Å². The third kappa shape index (κ3) is 3.39. The Balaban J connectivity index is 2.28. The molecule has 2 N–H and O–H groups in total. The fourth-order valence-corrected chi connectivity index (χ4v) is 4.43. The van der Waals surface area contributed by atoms with E-state index in [1.54, 1.807) is 24.6 Å². The summed E-state index contributed by atoms with van der Waals surface area (Å²) in [5.41, 5.74) is 1.71. The standard InChI is InChI=1S/C14H18N2O2S2/c1-3-11-5-4-6-12(9-11)16-20(17,18)14-7-8-19-13(14)10-15-2/h4-9,15-16H,3,10H2,1-2H3. The number of nitrogens with one attached hydrogen (secondary N) is 2. The molecule has 1 aromatic heterocycles. The van der Waals surface area contributed by atoms with Crippen molar-refractivity contribution in [2.45, 2.75) is 24.8 Å². The van der Waals surface area contributed by atoms with Gasteiger partial charge in [0.25, 0.3) is 10.0 Å². The molecule has 108 valence electrons. The largest absolute Gasteiger partial charge is 0.315 e. The maximum Gasteiger partial charge on any atom is 0.263 e. The van der Waals surface area contributed by atoms with Gasteiger partial charge in [-0.2, -0.15) is 0 Å². The number of anilines is 1. The van der Waals surface area contributed by atoms with E-state index in [0.717, 1.165) is 16.9 Å². The number of rotatable bonds is 6. The number of aryl methyl sites for hydroxylation is 1. The van der Waals surface area contributed by atoms with Crippen LogP contribution in [0.25, 0.3) is 0 Å². The predicted octanol–water partition coefficient (Wildman–Crippen LogP) is 2.83. The van der Waals surface area contributed by atoms with Crippen molar-refractivity contribution in [3.05, 3.63) is 46.2 Å². The zero-order valence-corrected chi connectivity index (χ0v) is 13.1. The van der Waals surface area contributed by atoms with E-state index in [9.17, 15) is 8.42 Å². The zero-order chi connectivity index (χ0) is 14.6. The Labute approximate surface area is 123 Å². The molecular formula is C14H18N2O2S2. The fraction of sp³-hybridized carbons (Fsp3) is 0.286. The molecule has 1 aromatic carbocycles. The van der Waals surface area contributed by atoms with Crippen LogP contribution in [0.2, 0.25) is 0 Å². The Morgan fingerprint density at radius 1 is 1.25 bits per heavy atom. The van der Waals surface area contributed by atoms with Gasteiger partial charge in [-0.25, -0.2) is 8.42 Å². The van der Waals surface area contributed by atoms with Crippen molar-refractivity contribution in [1.82, 2.24) is 5.32 Å². The summed E-state index contributed by atoms with van der Waals surface area (Å²) in [4.78, 5) is 1.16. The summed E-state index contributed by atoms with van der Waals surface area (Å²) in [5.74, 6) is 0. The predicted molar refractivity (Wildman–Crippen MR) is 83.7 cm³/mol. The van der Waals surface area contributed by atoms with Gasteiger partial charge in [0.05, 0.1) is 0 Å². The van der Waals surface area contributed by atoms with Crippen molar-refractivity contribution in [1.29, 1.82) is 0 Å². The molecule has 0 spiro atoms. The molecule has 0 radical (unpaired) electrons. The topological polar surface area (TPSA) is 58.2 Å². The van der Waals surface area contributed by atoms with Crippen LogP contribution in [0.5, 0.6) is 0 Å². The molecule has 0 aliphatic carbocycles. The average Bonchev–Trinajstić information content (AvgIpc) is 2.88. The Hall–Kier alpha value is -1.37. The van der Waals surface area contributed by atoms with E-state index < -0.39 is 10.0 Å². The van der Waals surface area contributed by atoms with Gasteiger partial charge in [0, 0.05) is 17.1 Å². The lowest BCUT2D eigenvalue weighted by Gasteiger charge is -2.09. The molecular weight excluding hydrogens is 292 g/mol. The highest BCUT2D eigenvalue weighted by atomic mass is 32.2. The number of thiophene rings is 1. The lowest BCUT2D eigenvalue weighted by molar-refractivity contribution is 0.600. The number of sulfonamides is 1. The third-order valence-electron chi connectivity index (χ3n) is 2.92. The second kappa shape index (κ2) is 6.39. The van der Waals surface area contributed by atoms with E-state index in [4.69, 9.17) is 0 Å². The first kappa shape index (κ1) is 15.0. The minimum atomic E-state index is -3.53. The van der Waals surface area contributed by atoms with Crippen molar-refractivity contribution >= 4 is 27.0 Å². The summed E-state index contributed by atoms with van der Waals surface area (Å²) in [5, 5.41) is 4.78. The van der Waals surface area contributed by atoms with Crippen molar-refractivity contribution in [3.63, 3.8) is 0 Å². The van der Waals surface area contributed by atoms with E-state index >= 15 is 0 Å². The number of hydrogen-bond acceptors (Lipinski definition) is 4. The summed E-state index contributed by atoms with van der Waals surface area (Å²) in [6.45, 7) is 2.58. The zero-order valence-electron chi connectivity index (χ0n) is 11.5. The Bertz CT molecular complexity index is 678. The van der Waals surface area contributed by atoms with Crippen LogP contribution in [0.1, 0.15) is 17.4 Å². The molecule has 0 saturated heterocycles. The van der Waals surface area contributed by atoms with E-state index in [-0.39, 0.29) is 0 Å². The van der Waals surface area contributed by atoms with E-state index in [0.29, 0.717) is 17.1 Å². The molecule has 0 atom stereocenters. The Morgan fingerprint density at radius 3 is 2.75 bits per heavy atom. The molecule has 4 nitrogen and oxygen atoms in total. The van der Waals surface area contributed by atoms with Crippen LogP contribution < -0.4 is 10.0 Å². The van der Waals surface area contributed by atoms with Crippen LogP contribution in [-0.2, 0) is 23.0 Å². The minimum absolute atomic E-state index is 0.346. The van der Waals surface area contributed by atoms with Gasteiger partial charge in [-0.1, -0.05) is 19.1 Å². The maximum absolute atomic E-state index is 12.4. The minimum Gasteiger partial charge on any atom is -0.315 e. The molecule has 20 heavy (non-hydrogen) atoms. The summed E-state index contributed by atoms with van der Waals surface area (Å²) in [7, 11) is -1.73. The van der Waals surface area contributed by atoms with Crippen LogP contribution in [0, 0.1) is 0 Å². The van der Waals surface area contributed by atoms with Crippen LogP contribution in [0.15, 0.2) is 40.6 Å². The van der Waals surface area contributed by atoms with Crippen LogP contribution in [0.4, 0.5) is 5.69 Å². The van der Waals surface area contributed by atoms with E-state index in [1.807, 2.05) is 25.1 Å². The molecule has 2 aromatic rings. The summed E-state index contributed by atoms with van der Waals surface area (Å²) < 4.78 is 27.5. The van der Waals surface area contributed by atoms with Gasteiger partial charge in [0.1, 0.15) is 4.90 Å². The van der Waals surface area contributed by atoms with Gasteiger partial charge in [0.15, 0.2) is 0 Å². The highest BCUT2D eigenvalue weighted by Crippen LogP contribution is 2.24. The van der Waals surface area contributed by atoms with Gasteiger partial charge in [-0.15, -0.1) is 11.3 Å². The molecule has 0 saturated carbocycles. The Kier molecular flexibility index (Phi) is 4.80. The average molecular weight is 310 g/mol. The maximum atomic E-state index is 12.4. The van der Waals surface area contributed by atoms with Gasteiger partial charge < -0.3 is 5.32 Å². The lowest BCUT2D eigenvalue weighted by atomic mass is 10.1. The smallest absolute Gasteiger partial charge is 0.263 e. The van der Waals surface area contributed by atoms with Gasteiger partial charge in [0.2, 0.25) is 0 Å². The molecule has 0 aliphatic rings. The molecule has 1 heterocycles. The molecule has 0 unspecified atom stereocenters. The molecule has 2 rings (SSSR count). The van der Waals surface area contributed by atoms with Gasteiger partial charge >= 0.3 is 0 Å². The molecule has 0 bridgehead atoms. The van der Waals surface area contributed by atoms with Gasteiger partial charge in [-0.05, 0) is 42.6 Å². The van der Waals surface area contributed by atoms with Gasteiger partial charge in [-0.3, -0.25) is 4.72 Å². The second-order valence-electron chi connectivity index (χ2n) is 4.40. The van der Waals surface area contributed by atoms with E-state index in [1.165, 1.54) is 11.3 Å². The first-order chi connectivity index (χ1) is 9.56. The molecule has 0 fully saturated rings. The lowest BCUT2D eigenvalue weighted by Crippen LogP contribution is -2.15. The van der Waals surface area contributed by atoms with Crippen LogP contribution in [0.3, 0.4) is 0 Å². The summed E-state index contributed by atoms with van der Waals surface area (Å²) in [6.07, 6.45) is 0.874. The third-order valence-corrected chi connectivity index (χ3v) is 5.43. The second-order valence-corrected chi connectivity index (χ2v) is 7.05. The first-order valence-electron chi connectivity index (χ1n) is 6.39. The van der Waals surface area contributed by atoms with Crippen molar-refractivity contribution in [3.8, 4) is 0 Å². The highest BCUT2D eigenvalue weighted by Gasteiger charge is 2.19. The van der Waals surface area contributed by atoms with Crippen molar-refractivity contribution in [2.24, 2.45) is 0 Å². The summed E-state index contributed by atoms with van der Waals surface area (Å²) in [6, 6.07) is 9.11. The van der Waals surface area contributed by atoms with Crippen LogP contribution >= 0.6 is 11.3 Å². The quantitative estimate of drug-likeness (QED) is 0.862. The molecule has 0 amide bonds. The Morgan fingerprint density at radius 2 is 2.05 bits per heavy atom. The molecule has 6 heteroatoms. The SMILES string of the molecule is CCc1cccc(NS(=O)(=O)c2ccsc2CNC)c1. The highest BCUT2D eigenvalue weighted by molar-refractivity contribution is 7.93. The van der Waals surface area contributed by atoms with Crippen molar-refractivity contribution < 1.29 is 8.42 Å².